The van der Waals surface area contributed by atoms with E-state index < -0.39 is 47.0 Å². The van der Waals surface area contributed by atoms with Gasteiger partial charge in [0.05, 0.1) is 23.3 Å². The Kier molecular flexibility index (Phi) is 4.16. The van der Waals surface area contributed by atoms with Crippen molar-refractivity contribution in [3.05, 3.63) is 34.6 Å². The summed E-state index contributed by atoms with van der Waals surface area (Å²) >= 11 is 0. The Bertz CT molecular complexity index is 563. The largest absolute Gasteiger partial charge is 0.416 e. The second kappa shape index (κ2) is 5.38. The van der Waals surface area contributed by atoms with Crippen molar-refractivity contribution in [3.8, 4) is 0 Å². The van der Waals surface area contributed by atoms with Crippen LogP contribution in [0.3, 0.4) is 0 Å². The van der Waals surface area contributed by atoms with Gasteiger partial charge in [-0.25, -0.2) is 4.39 Å². The Balaban J connectivity index is 2.56. The smallest absolute Gasteiger partial charge is 0.391 e. The van der Waals surface area contributed by atoms with Gasteiger partial charge in [0, 0.05) is 5.56 Å². The molecule has 0 bridgehead atoms. The fourth-order valence-corrected chi connectivity index (χ4v) is 2.26. The Morgan fingerprint density at radius 3 is 2.00 bits per heavy atom. The number of alkyl halides is 6. The molecule has 0 unspecified atom stereocenters. The quantitative estimate of drug-likeness (QED) is 0.831. The van der Waals surface area contributed by atoms with Crippen molar-refractivity contribution in [1.29, 1.82) is 0 Å². The van der Waals surface area contributed by atoms with E-state index in [1.165, 1.54) is 0 Å². The van der Waals surface area contributed by atoms with Crippen LogP contribution in [0, 0.1) is 11.7 Å². The third kappa shape index (κ3) is 3.35. The molecular weight excluding hydrogens is 319 g/mol. The number of halogens is 7. The molecule has 1 aromatic rings. The summed E-state index contributed by atoms with van der Waals surface area (Å²) in [6.07, 6.45) is -10.7. The van der Waals surface area contributed by atoms with Gasteiger partial charge in [-0.15, -0.1) is 0 Å². The number of hydrogen-bond donors (Lipinski definition) is 2. The van der Waals surface area contributed by atoms with E-state index >= 15 is 0 Å². The van der Waals surface area contributed by atoms with Crippen molar-refractivity contribution >= 4 is 0 Å². The molecule has 1 saturated carbocycles. The molecule has 124 valence electrons. The summed E-state index contributed by atoms with van der Waals surface area (Å²) in [5.41, 5.74) is 0.758. The molecule has 3 N–H and O–H groups in total. The highest BCUT2D eigenvalue weighted by molar-refractivity contribution is 5.39. The average Bonchev–Trinajstić information content (AvgIpc) is 3.18. The summed E-state index contributed by atoms with van der Waals surface area (Å²) in [4.78, 5) is 0. The standard InChI is InChI=1S/C13H12F7NO/c14-8-4-6(12(15,16)17)3-7(13(18,19)20)9(8)10(21)11(22)5-1-2-5/h3-5,10-11,22H,1-2,21H2/t10-,11+/m1/s1. The summed E-state index contributed by atoms with van der Waals surface area (Å²) in [7, 11) is 0. The minimum Gasteiger partial charge on any atom is -0.391 e. The number of aliphatic hydroxyl groups excluding tert-OH is 1. The Morgan fingerprint density at radius 1 is 1.05 bits per heavy atom. The first-order chi connectivity index (χ1) is 9.93. The van der Waals surface area contributed by atoms with E-state index in [9.17, 15) is 35.8 Å². The van der Waals surface area contributed by atoms with Gasteiger partial charge in [0.25, 0.3) is 0 Å². The van der Waals surface area contributed by atoms with Gasteiger partial charge in [0.2, 0.25) is 0 Å². The molecule has 1 aromatic carbocycles. The summed E-state index contributed by atoms with van der Waals surface area (Å²) in [6, 6.07) is -1.96. The van der Waals surface area contributed by atoms with Crippen molar-refractivity contribution in [2.75, 3.05) is 0 Å². The number of nitrogens with two attached hydrogens (primary N) is 1. The number of hydrogen-bond acceptors (Lipinski definition) is 2. The van der Waals surface area contributed by atoms with Crippen LogP contribution in [0.2, 0.25) is 0 Å². The van der Waals surface area contributed by atoms with Crippen LogP contribution in [0.4, 0.5) is 30.7 Å². The van der Waals surface area contributed by atoms with Gasteiger partial charge in [-0.1, -0.05) is 0 Å². The van der Waals surface area contributed by atoms with E-state index in [1.54, 1.807) is 0 Å². The minimum absolute atomic E-state index is 0.0376. The Labute approximate surface area is 120 Å². The fourth-order valence-electron chi connectivity index (χ4n) is 2.26. The summed E-state index contributed by atoms with van der Waals surface area (Å²) in [6.45, 7) is 0. The molecule has 22 heavy (non-hydrogen) atoms. The highest BCUT2D eigenvalue weighted by Gasteiger charge is 2.43. The molecule has 2 atom stereocenters. The molecule has 9 heteroatoms. The monoisotopic (exact) mass is 331 g/mol. The highest BCUT2D eigenvalue weighted by atomic mass is 19.4. The normalized spacial score (nSPS) is 19.1. The summed E-state index contributed by atoms with van der Waals surface area (Å²) in [5, 5.41) is 9.77. The summed E-state index contributed by atoms with van der Waals surface area (Å²) in [5.74, 6) is -2.09. The lowest BCUT2D eigenvalue weighted by atomic mass is 9.92. The first-order valence-corrected chi connectivity index (χ1v) is 6.34. The van der Waals surface area contributed by atoms with E-state index in [0.29, 0.717) is 12.8 Å². The number of aliphatic hydroxyl groups is 1. The maximum atomic E-state index is 13.9. The van der Waals surface area contributed by atoms with Crippen LogP contribution in [0.1, 0.15) is 35.6 Å². The zero-order valence-electron chi connectivity index (χ0n) is 11.0. The first-order valence-electron chi connectivity index (χ1n) is 6.34. The van der Waals surface area contributed by atoms with Crippen LogP contribution in [-0.2, 0) is 12.4 Å². The zero-order chi connectivity index (χ0) is 16.9. The maximum Gasteiger partial charge on any atom is 0.416 e. The molecule has 0 heterocycles. The molecule has 0 aromatic heterocycles. The fraction of sp³-hybridized carbons (Fsp3) is 0.538. The van der Waals surface area contributed by atoms with Gasteiger partial charge < -0.3 is 10.8 Å². The topological polar surface area (TPSA) is 46.2 Å². The van der Waals surface area contributed by atoms with Crippen molar-refractivity contribution in [1.82, 2.24) is 0 Å². The molecule has 0 spiro atoms. The lowest BCUT2D eigenvalue weighted by Gasteiger charge is -2.24. The molecule has 1 aliphatic carbocycles. The van der Waals surface area contributed by atoms with Gasteiger partial charge in [0.15, 0.2) is 0 Å². The predicted octanol–water partition coefficient (Wildman–Crippen LogP) is 3.63. The summed E-state index contributed by atoms with van der Waals surface area (Å²) < 4.78 is 90.4. The van der Waals surface area contributed by atoms with Gasteiger partial charge >= 0.3 is 12.4 Å². The van der Waals surface area contributed by atoms with Crippen molar-refractivity contribution < 1.29 is 35.8 Å². The zero-order valence-corrected chi connectivity index (χ0v) is 11.0. The third-order valence-electron chi connectivity index (χ3n) is 3.57. The average molecular weight is 331 g/mol. The minimum atomic E-state index is -5.22. The number of rotatable bonds is 3. The molecular formula is C13H12F7NO. The molecule has 2 rings (SSSR count). The third-order valence-corrected chi connectivity index (χ3v) is 3.57. The molecule has 0 aliphatic heterocycles. The Hall–Kier alpha value is -1.35. The maximum absolute atomic E-state index is 13.9. The van der Waals surface area contributed by atoms with Crippen LogP contribution >= 0.6 is 0 Å². The predicted molar refractivity (Wildman–Crippen MR) is 62.1 cm³/mol. The lowest BCUT2D eigenvalue weighted by Crippen LogP contribution is -2.31. The van der Waals surface area contributed by atoms with E-state index in [2.05, 4.69) is 0 Å². The molecule has 2 nitrogen and oxygen atoms in total. The van der Waals surface area contributed by atoms with Crippen LogP contribution in [-0.4, -0.2) is 11.2 Å². The molecule has 0 saturated heterocycles. The van der Waals surface area contributed by atoms with Gasteiger partial charge in [-0.3, -0.25) is 0 Å². The van der Waals surface area contributed by atoms with Crippen LogP contribution in [0.5, 0.6) is 0 Å². The first kappa shape index (κ1) is 17.0. The van der Waals surface area contributed by atoms with Crippen LogP contribution in [0.15, 0.2) is 12.1 Å². The van der Waals surface area contributed by atoms with Gasteiger partial charge in [-0.2, -0.15) is 26.3 Å². The lowest BCUT2D eigenvalue weighted by molar-refractivity contribution is -0.144. The van der Waals surface area contributed by atoms with Crippen LogP contribution < -0.4 is 5.73 Å². The Morgan fingerprint density at radius 2 is 1.59 bits per heavy atom. The highest BCUT2D eigenvalue weighted by Crippen LogP contribution is 2.43. The second-order valence-electron chi connectivity index (χ2n) is 5.27. The van der Waals surface area contributed by atoms with E-state index in [4.69, 9.17) is 5.73 Å². The van der Waals surface area contributed by atoms with Crippen molar-refractivity contribution in [2.24, 2.45) is 11.7 Å². The molecule has 0 radical (unpaired) electrons. The van der Waals surface area contributed by atoms with E-state index in [1.807, 2.05) is 0 Å². The molecule has 0 amide bonds. The molecule has 1 fully saturated rings. The van der Waals surface area contributed by atoms with Crippen molar-refractivity contribution in [2.45, 2.75) is 37.3 Å². The number of benzene rings is 1. The van der Waals surface area contributed by atoms with Gasteiger partial charge in [-0.05, 0) is 30.9 Å². The SMILES string of the molecule is N[C@H](c1c(F)cc(C(F)(F)F)cc1C(F)(F)F)[C@@H](O)C1CC1. The van der Waals surface area contributed by atoms with Crippen LogP contribution in [0.25, 0.3) is 0 Å². The van der Waals surface area contributed by atoms with Gasteiger partial charge in [0.1, 0.15) is 5.82 Å². The van der Waals surface area contributed by atoms with Crippen molar-refractivity contribution in [3.63, 3.8) is 0 Å². The van der Waals surface area contributed by atoms with E-state index in [-0.39, 0.29) is 18.1 Å². The van der Waals surface area contributed by atoms with E-state index in [0.717, 1.165) is 0 Å². The second-order valence-corrected chi connectivity index (χ2v) is 5.27. The molecule has 1 aliphatic rings.